The lowest BCUT2D eigenvalue weighted by atomic mass is 9.89. The number of aliphatic hydroxyl groups excluding tert-OH is 1. The smallest absolute Gasteiger partial charge is 0.309 e. The summed E-state index contributed by atoms with van der Waals surface area (Å²) in [6, 6.07) is 0. The molecule has 0 aliphatic rings. The van der Waals surface area contributed by atoms with Crippen LogP contribution >= 0.6 is 0 Å². The van der Waals surface area contributed by atoms with Gasteiger partial charge in [-0.15, -0.1) is 0 Å². The highest BCUT2D eigenvalue weighted by Crippen LogP contribution is 2.19. The van der Waals surface area contributed by atoms with Crippen LogP contribution < -0.4 is 0 Å². The number of ether oxygens (including phenoxy) is 2. The van der Waals surface area contributed by atoms with Crippen molar-refractivity contribution < 1.29 is 33.8 Å². The van der Waals surface area contributed by atoms with Gasteiger partial charge in [0.05, 0.1) is 20.1 Å². The Morgan fingerprint density at radius 2 is 1.59 bits per heavy atom. The first kappa shape index (κ1) is 20.2. The zero-order valence-corrected chi connectivity index (χ0v) is 13.3. The third-order valence-corrected chi connectivity index (χ3v) is 3.51. The average molecular weight is 316 g/mol. The molecule has 0 radical (unpaired) electrons. The van der Waals surface area contributed by atoms with E-state index in [4.69, 9.17) is 5.11 Å². The monoisotopic (exact) mass is 316 g/mol. The molecule has 0 aromatic carbocycles. The Labute approximate surface area is 130 Å². The van der Waals surface area contributed by atoms with Gasteiger partial charge in [-0.3, -0.25) is 19.2 Å². The Morgan fingerprint density at radius 1 is 1.00 bits per heavy atom. The fraction of sp³-hybridized carbons (Fsp3) is 0.733. The largest absolute Gasteiger partial charge is 0.469 e. The third-order valence-electron chi connectivity index (χ3n) is 3.51. The fourth-order valence-corrected chi connectivity index (χ4v) is 2.11. The maximum atomic E-state index is 12.0. The maximum Gasteiger partial charge on any atom is 0.309 e. The van der Waals surface area contributed by atoms with Crippen molar-refractivity contribution in [1.82, 2.24) is 0 Å². The highest BCUT2D eigenvalue weighted by Gasteiger charge is 2.26. The van der Waals surface area contributed by atoms with Crippen molar-refractivity contribution >= 4 is 23.5 Å². The number of ketones is 2. The lowest BCUT2D eigenvalue weighted by molar-refractivity contribution is -0.148. The van der Waals surface area contributed by atoms with Gasteiger partial charge < -0.3 is 14.6 Å². The van der Waals surface area contributed by atoms with Gasteiger partial charge in [-0.05, 0) is 12.8 Å². The molecule has 2 unspecified atom stereocenters. The van der Waals surface area contributed by atoms with Crippen LogP contribution in [0.2, 0.25) is 0 Å². The Bertz CT molecular complexity index is 403. The summed E-state index contributed by atoms with van der Waals surface area (Å²) < 4.78 is 9.13. The van der Waals surface area contributed by atoms with Crippen LogP contribution in [-0.2, 0) is 28.7 Å². The summed E-state index contributed by atoms with van der Waals surface area (Å²) in [5.41, 5.74) is 0. The molecule has 0 spiro atoms. The Balaban J connectivity index is 4.63. The molecule has 22 heavy (non-hydrogen) atoms. The molecule has 0 rings (SSSR count). The number of rotatable bonds is 11. The van der Waals surface area contributed by atoms with E-state index in [9.17, 15) is 19.2 Å². The molecule has 7 nitrogen and oxygen atoms in total. The number of Topliss-reactive ketones (excluding diaryl/α,β-unsaturated/α-hetero) is 2. The van der Waals surface area contributed by atoms with Crippen LogP contribution in [0.15, 0.2) is 0 Å². The van der Waals surface area contributed by atoms with E-state index in [1.165, 1.54) is 14.2 Å². The SMILES string of the molecule is CCC(CC(=O)CC(CCC(=O)OC)C(=O)OC)C(=O)CO. The molecule has 0 aromatic rings. The Morgan fingerprint density at radius 3 is 2.05 bits per heavy atom. The van der Waals surface area contributed by atoms with Gasteiger partial charge in [0.2, 0.25) is 0 Å². The second kappa shape index (κ2) is 10.9. The number of carbonyl (C=O) groups excluding carboxylic acids is 4. The van der Waals surface area contributed by atoms with E-state index in [-0.39, 0.29) is 37.2 Å². The van der Waals surface area contributed by atoms with Gasteiger partial charge in [-0.1, -0.05) is 6.92 Å². The molecule has 2 atom stereocenters. The number of methoxy groups -OCH3 is 2. The molecule has 0 amide bonds. The van der Waals surface area contributed by atoms with E-state index in [0.29, 0.717) is 6.42 Å². The lowest BCUT2D eigenvalue weighted by Crippen LogP contribution is -2.25. The second-order valence-corrected chi connectivity index (χ2v) is 5.01. The van der Waals surface area contributed by atoms with Gasteiger partial charge in [0.15, 0.2) is 5.78 Å². The van der Waals surface area contributed by atoms with E-state index >= 15 is 0 Å². The van der Waals surface area contributed by atoms with Crippen molar-refractivity contribution in [3.63, 3.8) is 0 Å². The second-order valence-electron chi connectivity index (χ2n) is 5.01. The molecular weight excluding hydrogens is 292 g/mol. The van der Waals surface area contributed by atoms with Crippen molar-refractivity contribution in [2.45, 2.75) is 39.0 Å². The Kier molecular flexibility index (Phi) is 10.0. The summed E-state index contributed by atoms with van der Waals surface area (Å²) in [6.07, 6.45) is 0.475. The highest BCUT2D eigenvalue weighted by atomic mass is 16.5. The highest BCUT2D eigenvalue weighted by molar-refractivity contribution is 5.90. The van der Waals surface area contributed by atoms with E-state index in [1.807, 2.05) is 0 Å². The summed E-state index contributed by atoms with van der Waals surface area (Å²) in [6.45, 7) is 1.15. The van der Waals surface area contributed by atoms with Crippen molar-refractivity contribution in [2.75, 3.05) is 20.8 Å². The van der Waals surface area contributed by atoms with Crippen LogP contribution in [-0.4, -0.2) is 49.4 Å². The molecule has 0 aromatic heterocycles. The minimum Gasteiger partial charge on any atom is -0.469 e. The first-order valence-corrected chi connectivity index (χ1v) is 7.19. The molecule has 7 heteroatoms. The summed E-state index contributed by atoms with van der Waals surface area (Å²) in [5, 5.41) is 8.84. The van der Waals surface area contributed by atoms with E-state index in [0.717, 1.165) is 0 Å². The summed E-state index contributed by atoms with van der Waals surface area (Å²) in [5.74, 6) is -2.98. The van der Waals surface area contributed by atoms with Crippen LogP contribution in [0.5, 0.6) is 0 Å². The third kappa shape index (κ3) is 7.31. The molecule has 126 valence electrons. The first-order chi connectivity index (χ1) is 10.4. The zero-order valence-electron chi connectivity index (χ0n) is 13.3. The molecule has 0 aliphatic heterocycles. The van der Waals surface area contributed by atoms with E-state index in [2.05, 4.69) is 9.47 Å². The number of hydrogen-bond acceptors (Lipinski definition) is 7. The Hall–Kier alpha value is -1.76. The molecular formula is C15H24O7. The van der Waals surface area contributed by atoms with Gasteiger partial charge in [0, 0.05) is 25.2 Å². The molecule has 0 saturated carbocycles. The molecule has 0 fully saturated rings. The van der Waals surface area contributed by atoms with Gasteiger partial charge in [0.1, 0.15) is 12.4 Å². The van der Waals surface area contributed by atoms with Gasteiger partial charge in [-0.2, -0.15) is 0 Å². The predicted octanol–water partition coefficient (Wildman–Crippen LogP) is 0.666. The first-order valence-electron chi connectivity index (χ1n) is 7.19. The van der Waals surface area contributed by atoms with Crippen LogP contribution in [0.4, 0.5) is 0 Å². The van der Waals surface area contributed by atoms with Crippen molar-refractivity contribution in [2.24, 2.45) is 11.8 Å². The van der Waals surface area contributed by atoms with Crippen LogP contribution in [0.1, 0.15) is 39.0 Å². The van der Waals surface area contributed by atoms with Crippen molar-refractivity contribution in [1.29, 1.82) is 0 Å². The van der Waals surface area contributed by atoms with E-state index in [1.54, 1.807) is 6.92 Å². The molecule has 0 bridgehead atoms. The fourth-order valence-electron chi connectivity index (χ4n) is 2.11. The molecule has 1 N–H and O–H groups in total. The number of esters is 2. The van der Waals surface area contributed by atoms with Crippen molar-refractivity contribution in [3.8, 4) is 0 Å². The summed E-state index contributed by atoms with van der Waals surface area (Å²) in [4.78, 5) is 46.3. The summed E-state index contributed by atoms with van der Waals surface area (Å²) >= 11 is 0. The van der Waals surface area contributed by atoms with E-state index < -0.39 is 30.4 Å². The molecule has 0 aliphatic carbocycles. The topological polar surface area (TPSA) is 107 Å². The number of hydrogen-bond donors (Lipinski definition) is 1. The van der Waals surface area contributed by atoms with Crippen LogP contribution in [0.3, 0.4) is 0 Å². The summed E-state index contributed by atoms with van der Waals surface area (Å²) in [7, 11) is 2.45. The number of aliphatic hydroxyl groups is 1. The van der Waals surface area contributed by atoms with Gasteiger partial charge >= 0.3 is 11.9 Å². The van der Waals surface area contributed by atoms with Gasteiger partial charge in [0.25, 0.3) is 0 Å². The maximum absolute atomic E-state index is 12.0. The van der Waals surface area contributed by atoms with Gasteiger partial charge in [-0.25, -0.2) is 0 Å². The standard InChI is InChI=1S/C15H24O7/c1-4-10(13(18)9-16)7-12(17)8-11(15(20)22-3)5-6-14(19)21-2/h10-11,16H,4-9H2,1-3H3. The lowest BCUT2D eigenvalue weighted by Gasteiger charge is -2.15. The minimum atomic E-state index is -0.738. The average Bonchev–Trinajstić information content (AvgIpc) is 2.54. The predicted molar refractivity (Wildman–Crippen MR) is 76.9 cm³/mol. The molecule has 0 saturated heterocycles. The van der Waals surface area contributed by atoms with Crippen LogP contribution in [0.25, 0.3) is 0 Å². The quantitative estimate of drug-likeness (QED) is 0.558. The molecule has 0 heterocycles. The normalized spacial score (nSPS) is 13.1. The van der Waals surface area contributed by atoms with Crippen LogP contribution in [0, 0.1) is 11.8 Å². The zero-order chi connectivity index (χ0) is 17.1. The van der Waals surface area contributed by atoms with Crippen molar-refractivity contribution in [3.05, 3.63) is 0 Å². The minimum absolute atomic E-state index is 0.0102. The number of carbonyl (C=O) groups is 4.